The van der Waals surface area contributed by atoms with Crippen LogP contribution in [0.15, 0.2) is 36.0 Å². The van der Waals surface area contributed by atoms with E-state index < -0.39 is 11.9 Å². The minimum Gasteiger partial charge on any atom is -0.383 e. The van der Waals surface area contributed by atoms with E-state index in [1.54, 1.807) is 6.07 Å². The molecular formula is C10H8FNOS. The van der Waals surface area contributed by atoms with Crippen molar-refractivity contribution in [3.63, 3.8) is 0 Å². The van der Waals surface area contributed by atoms with Crippen LogP contribution in [0.25, 0.3) is 0 Å². The molecule has 0 amide bonds. The molecule has 1 atom stereocenters. The summed E-state index contributed by atoms with van der Waals surface area (Å²) in [5.41, 5.74) is 0.479. The van der Waals surface area contributed by atoms with Crippen LogP contribution in [0, 0.1) is 5.82 Å². The van der Waals surface area contributed by atoms with Crippen LogP contribution in [-0.4, -0.2) is 10.1 Å². The lowest BCUT2D eigenvalue weighted by Gasteiger charge is -2.07. The average Bonchev–Trinajstić information content (AvgIpc) is 2.69. The summed E-state index contributed by atoms with van der Waals surface area (Å²) in [4.78, 5) is 4.47. The molecule has 0 fully saturated rings. The Morgan fingerprint density at radius 2 is 2.29 bits per heavy atom. The van der Waals surface area contributed by atoms with Gasteiger partial charge in [-0.05, 0) is 17.5 Å². The van der Waals surface area contributed by atoms with Crippen LogP contribution in [-0.2, 0) is 0 Å². The van der Waals surface area contributed by atoms with Gasteiger partial charge < -0.3 is 5.11 Å². The van der Waals surface area contributed by atoms with Crippen molar-refractivity contribution >= 4 is 11.3 Å². The van der Waals surface area contributed by atoms with Gasteiger partial charge in [-0.1, -0.05) is 6.07 Å². The van der Waals surface area contributed by atoms with Crippen LogP contribution in [0.1, 0.15) is 16.5 Å². The van der Waals surface area contributed by atoms with Gasteiger partial charge in [0.15, 0.2) is 0 Å². The highest BCUT2D eigenvalue weighted by molar-refractivity contribution is 7.10. The van der Waals surface area contributed by atoms with Crippen LogP contribution >= 0.6 is 11.3 Å². The molecule has 2 rings (SSSR count). The molecule has 2 heterocycles. The first kappa shape index (κ1) is 9.30. The van der Waals surface area contributed by atoms with Crippen LogP contribution in [0.2, 0.25) is 0 Å². The Balaban J connectivity index is 2.32. The SMILES string of the molecule is OC(c1cncc(F)c1)c1cccs1. The number of hydrogen-bond acceptors (Lipinski definition) is 3. The van der Waals surface area contributed by atoms with Crippen molar-refractivity contribution in [3.05, 3.63) is 52.2 Å². The fourth-order valence-corrected chi connectivity index (χ4v) is 1.93. The third-order valence-electron chi connectivity index (χ3n) is 1.85. The molecule has 2 aromatic heterocycles. The molecule has 2 aromatic rings. The highest BCUT2D eigenvalue weighted by Crippen LogP contribution is 2.25. The Morgan fingerprint density at radius 1 is 1.43 bits per heavy atom. The number of aliphatic hydroxyl groups excluding tert-OH is 1. The van der Waals surface area contributed by atoms with E-state index >= 15 is 0 Å². The summed E-state index contributed by atoms with van der Waals surface area (Å²) in [7, 11) is 0. The summed E-state index contributed by atoms with van der Waals surface area (Å²) < 4.78 is 12.8. The largest absolute Gasteiger partial charge is 0.383 e. The molecule has 0 aliphatic rings. The smallest absolute Gasteiger partial charge is 0.141 e. The highest BCUT2D eigenvalue weighted by atomic mass is 32.1. The summed E-state index contributed by atoms with van der Waals surface area (Å²) in [6.45, 7) is 0. The van der Waals surface area contributed by atoms with Gasteiger partial charge in [0.25, 0.3) is 0 Å². The molecule has 1 unspecified atom stereocenters. The average molecular weight is 209 g/mol. The summed E-state index contributed by atoms with van der Waals surface area (Å²) in [5, 5.41) is 11.7. The first-order chi connectivity index (χ1) is 6.77. The van der Waals surface area contributed by atoms with Crippen molar-refractivity contribution in [2.75, 3.05) is 0 Å². The van der Waals surface area contributed by atoms with Gasteiger partial charge in [-0.25, -0.2) is 4.39 Å². The zero-order chi connectivity index (χ0) is 9.97. The van der Waals surface area contributed by atoms with Crippen molar-refractivity contribution in [1.29, 1.82) is 0 Å². The fraction of sp³-hybridized carbons (Fsp3) is 0.100. The Labute approximate surface area is 84.7 Å². The Bertz CT molecular complexity index is 416. The first-order valence-corrected chi connectivity index (χ1v) is 4.97. The van der Waals surface area contributed by atoms with Gasteiger partial charge in [0.1, 0.15) is 11.9 Å². The number of rotatable bonds is 2. The summed E-state index contributed by atoms with van der Waals surface area (Å²) in [6, 6.07) is 4.94. The maximum atomic E-state index is 12.8. The molecule has 0 saturated carbocycles. The minimum atomic E-state index is -0.779. The lowest BCUT2D eigenvalue weighted by atomic mass is 10.1. The number of hydrogen-bond donors (Lipinski definition) is 1. The molecule has 72 valence electrons. The quantitative estimate of drug-likeness (QED) is 0.823. The Morgan fingerprint density at radius 3 is 2.93 bits per heavy atom. The van der Waals surface area contributed by atoms with Crippen LogP contribution in [0.3, 0.4) is 0 Å². The predicted octanol–water partition coefficient (Wildman–Crippen LogP) is 2.36. The molecule has 4 heteroatoms. The predicted molar refractivity (Wildman–Crippen MR) is 52.6 cm³/mol. The number of halogens is 1. The van der Waals surface area contributed by atoms with Crippen molar-refractivity contribution in [2.24, 2.45) is 0 Å². The maximum Gasteiger partial charge on any atom is 0.141 e. The maximum absolute atomic E-state index is 12.8. The summed E-state index contributed by atoms with van der Waals surface area (Å²) >= 11 is 1.43. The minimum absolute atomic E-state index is 0.432. The van der Waals surface area contributed by atoms with Gasteiger partial charge in [0.2, 0.25) is 0 Å². The van der Waals surface area contributed by atoms with Gasteiger partial charge >= 0.3 is 0 Å². The van der Waals surface area contributed by atoms with Gasteiger partial charge in [-0.2, -0.15) is 0 Å². The van der Waals surface area contributed by atoms with E-state index in [0.29, 0.717) is 5.56 Å². The third kappa shape index (κ3) is 1.81. The molecule has 0 bridgehead atoms. The second kappa shape index (κ2) is 3.86. The standard InChI is InChI=1S/C10H8FNOS/c11-8-4-7(5-12-6-8)10(13)9-2-1-3-14-9/h1-6,10,13H. The summed E-state index contributed by atoms with van der Waals surface area (Å²) in [5.74, 6) is -0.432. The molecule has 0 aliphatic heterocycles. The monoisotopic (exact) mass is 209 g/mol. The van der Waals surface area contributed by atoms with Crippen molar-refractivity contribution in [3.8, 4) is 0 Å². The van der Waals surface area contributed by atoms with Gasteiger partial charge in [-0.3, -0.25) is 4.98 Å². The molecule has 0 aliphatic carbocycles. The van der Waals surface area contributed by atoms with E-state index in [1.807, 2.05) is 11.4 Å². The number of aromatic nitrogens is 1. The molecule has 0 aromatic carbocycles. The number of aliphatic hydroxyl groups is 1. The van der Waals surface area contributed by atoms with E-state index in [0.717, 1.165) is 11.1 Å². The zero-order valence-electron chi connectivity index (χ0n) is 7.22. The van der Waals surface area contributed by atoms with E-state index in [1.165, 1.54) is 23.6 Å². The van der Waals surface area contributed by atoms with Gasteiger partial charge in [0.05, 0.1) is 6.20 Å². The van der Waals surface area contributed by atoms with E-state index in [4.69, 9.17) is 0 Å². The molecule has 1 N–H and O–H groups in total. The van der Waals surface area contributed by atoms with Crippen LogP contribution in [0.4, 0.5) is 4.39 Å². The second-order valence-electron chi connectivity index (χ2n) is 2.85. The topological polar surface area (TPSA) is 33.1 Å². The molecule has 14 heavy (non-hydrogen) atoms. The number of nitrogens with zero attached hydrogens (tertiary/aromatic N) is 1. The molecule has 0 spiro atoms. The van der Waals surface area contributed by atoms with Crippen molar-refractivity contribution in [2.45, 2.75) is 6.10 Å². The van der Waals surface area contributed by atoms with Crippen LogP contribution < -0.4 is 0 Å². The van der Waals surface area contributed by atoms with Gasteiger partial charge in [0, 0.05) is 16.6 Å². The highest BCUT2D eigenvalue weighted by Gasteiger charge is 2.11. The summed E-state index contributed by atoms with van der Waals surface area (Å²) in [6.07, 6.45) is 1.80. The third-order valence-corrected chi connectivity index (χ3v) is 2.78. The van der Waals surface area contributed by atoms with Crippen molar-refractivity contribution in [1.82, 2.24) is 4.98 Å². The second-order valence-corrected chi connectivity index (χ2v) is 3.83. The Hall–Kier alpha value is -1.26. The normalized spacial score (nSPS) is 12.7. The zero-order valence-corrected chi connectivity index (χ0v) is 8.04. The van der Waals surface area contributed by atoms with E-state index in [-0.39, 0.29) is 0 Å². The molecule has 0 radical (unpaired) electrons. The van der Waals surface area contributed by atoms with E-state index in [2.05, 4.69) is 4.98 Å². The molecule has 0 saturated heterocycles. The van der Waals surface area contributed by atoms with Crippen molar-refractivity contribution < 1.29 is 9.50 Å². The first-order valence-electron chi connectivity index (χ1n) is 4.09. The number of thiophene rings is 1. The number of pyridine rings is 1. The Kier molecular flexibility index (Phi) is 2.56. The lowest BCUT2D eigenvalue weighted by molar-refractivity contribution is 0.223. The van der Waals surface area contributed by atoms with E-state index in [9.17, 15) is 9.50 Å². The van der Waals surface area contributed by atoms with Gasteiger partial charge in [-0.15, -0.1) is 11.3 Å². The fourth-order valence-electron chi connectivity index (χ4n) is 1.19. The van der Waals surface area contributed by atoms with Crippen LogP contribution in [0.5, 0.6) is 0 Å². The lowest BCUT2D eigenvalue weighted by Crippen LogP contribution is -1.98. The molecular weight excluding hydrogens is 201 g/mol. The molecule has 2 nitrogen and oxygen atoms in total.